The second-order valence-electron chi connectivity index (χ2n) is 4.89. The Morgan fingerprint density at radius 3 is 2.54 bits per heavy atom. The zero-order valence-electron chi connectivity index (χ0n) is 12.5. The molecule has 6 nitrogen and oxygen atoms in total. The molecule has 0 fully saturated rings. The molecule has 0 radical (unpaired) electrons. The van der Waals surface area contributed by atoms with Gasteiger partial charge in [-0.05, 0) is 42.5 Å². The molecule has 0 amide bonds. The maximum atomic E-state index is 12.7. The van der Waals surface area contributed by atoms with Crippen molar-refractivity contribution in [2.75, 3.05) is 20.0 Å². The summed E-state index contributed by atoms with van der Waals surface area (Å²) in [4.78, 5) is 23.6. The molecule has 0 saturated carbocycles. The van der Waals surface area contributed by atoms with Gasteiger partial charge in [0.25, 0.3) is 0 Å². The van der Waals surface area contributed by atoms with E-state index in [9.17, 15) is 14.0 Å². The van der Waals surface area contributed by atoms with Crippen molar-refractivity contribution in [3.63, 3.8) is 0 Å². The molecule has 0 atom stereocenters. The van der Waals surface area contributed by atoms with Crippen LogP contribution in [0.3, 0.4) is 0 Å². The second kappa shape index (κ2) is 6.99. The Morgan fingerprint density at radius 2 is 1.75 bits per heavy atom. The summed E-state index contributed by atoms with van der Waals surface area (Å²) < 4.78 is 33.1. The van der Waals surface area contributed by atoms with Gasteiger partial charge in [0.15, 0.2) is 30.5 Å². The van der Waals surface area contributed by atoms with Crippen LogP contribution in [0.25, 0.3) is 0 Å². The molecule has 1 aliphatic rings. The third-order valence-corrected chi connectivity index (χ3v) is 3.23. The van der Waals surface area contributed by atoms with E-state index in [0.717, 1.165) is 0 Å². The van der Waals surface area contributed by atoms with Crippen LogP contribution in [0.2, 0.25) is 0 Å². The lowest BCUT2D eigenvalue weighted by Crippen LogP contribution is -2.19. The number of ether oxygens (including phenoxy) is 4. The van der Waals surface area contributed by atoms with E-state index in [1.54, 1.807) is 12.1 Å². The predicted octanol–water partition coefficient (Wildman–Crippen LogP) is 2.36. The van der Waals surface area contributed by atoms with Gasteiger partial charge in [0.1, 0.15) is 11.6 Å². The van der Waals surface area contributed by atoms with Gasteiger partial charge in [-0.25, -0.2) is 9.18 Å². The molecule has 0 saturated heterocycles. The Labute approximate surface area is 136 Å². The number of hydrogen-bond acceptors (Lipinski definition) is 6. The van der Waals surface area contributed by atoms with Crippen LogP contribution in [0.4, 0.5) is 4.39 Å². The molecular formula is C17H13FO6. The Hall–Kier alpha value is -3.09. The van der Waals surface area contributed by atoms with Gasteiger partial charge in [0.2, 0.25) is 6.79 Å². The molecule has 124 valence electrons. The first kappa shape index (κ1) is 15.8. The zero-order valence-corrected chi connectivity index (χ0v) is 12.5. The summed E-state index contributed by atoms with van der Waals surface area (Å²) in [5.41, 5.74) is 0.353. The number of esters is 1. The van der Waals surface area contributed by atoms with E-state index in [4.69, 9.17) is 18.9 Å². The third kappa shape index (κ3) is 3.81. The van der Waals surface area contributed by atoms with E-state index in [2.05, 4.69) is 0 Å². The summed E-state index contributed by atoms with van der Waals surface area (Å²) in [6, 6.07) is 9.93. The van der Waals surface area contributed by atoms with Gasteiger partial charge in [-0.3, -0.25) is 4.79 Å². The Balaban J connectivity index is 1.47. The van der Waals surface area contributed by atoms with Crippen molar-refractivity contribution in [1.29, 1.82) is 0 Å². The first-order valence-electron chi connectivity index (χ1n) is 7.08. The Morgan fingerprint density at radius 1 is 1.00 bits per heavy atom. The molecule has 7 heteroatoms. The van der Waals surface area contributed by atoms with Crippen molar-refractivity contribution in [2.45, 2.75) is 0 Å². The van der Waals surface area contributed by atoms with E-state index in [1.165, 1.54) is 30.3 Å². The van der Waals surface area contributed by atoms with Crippen LogP contribution in [0.15, 0.2) is 42.5 Å². The molecular weight excluding hydrogens is 319 g/mol. The fourth-order valence-electron chi connectivity index (χ4n) is 2.01. The van der Waals surface area contributed by atoms with Crippen LogP contribution in [-0.2, 0) is 9.53 Å². The molecule has 0 bridgehead atoms. The summed E-state index contributed by atoms with van der Waals surface area (Å²) in [7, 11) is 0. The van der Waals surface area contributed by atoms with Crippen molar-refractivity contribution in [3.8, 4) is 17.2 Å². The second-order valence-corrected chi connectivity index (χ2v) is 4.89. The van der Waals surface area contributed by atoms with E-state index >= 15 is 0 Å². The van der Waals surface area contributed by atoms with Crippen molar-refractivity contribution in [3.05, 3.63) is 53.8 Å². The summed E-state index contributed by atoms with van der Waals surface area (Å²) >= 11 is 0. The van der Waals surface area contributed by atoms with E-state index in [1.807, 2.05) is 0 Å². The van der Waals surface area contributed by atoms with Gasteiger partial charge in [0, 0.05) is 5.56 Å². The fourth-order valence-corrected chi connectivity index (χ4v) is 2.01. The molecule has 0 unspecified atom stereocenters. The molecule has 0 aliphatic carbocycles. The van der Waals surface area contributed by atoms with Crippen molar-refractivity contribution in [2.24, 2.45) is 0 Å². The van der Waals surface area contributed by atoms with Gasteiger partial charge >= 0.3 is 5.97 Å². The number of carbonyl (C=O) groups is 2. The topological polar surface area (TPSA) is 71.1 Å². The summed E-state index contributed by atoms with van der Waals surface area (Å²) in [5, 5.41) is 0. The molecule has 2 aromatic carbocycles. The normalized spacial score (nSPS) is 11.9. The minimum absolute atomic E-state index is 0.114. The monoisotopic (exact) mass is 332 g/mol. The van der Waals surface area contributed by atoms with Crippen LogP contribution >= 0.6 is 0 Å². The van der Waals surface area contributed by atoms with Crippen LogP contribution in [0, 0.1) is 5.82 Å². The highest BCUT2D eigenvalue weighted by molar-refractivity contribution is 5.98. The summed E-state index contributed by atoms with van der Waals surface area (Å²) in [6.07, 6.45) is 0. The lowest BCUT2D eigenvalue weighted by atomic mass is 10.1. The standard InChI is InChI=1S/C17H13FO6/c18-12-2-4-13(5-3-12)21-9-17(20)22-8-14(19)11-1-6-15-16(7-11)24-10-23-15/h1-7H,8-10H2. The van der Waals surface area contributed by atoms with Gasteiger partial charge in [-0.2, -0.15) is 0 Å². The average Bonchev–Trinajstić information content (AvgIpc) is 3.06. The molecule has 0 aromatic heterocycles. The highest BCUT2D eigenvalue weighted by Gasteiger charge is 2.17. The number of fused-ring (bicyclic) bond motifs is 1. The number of ketones is 1. The van der Waals surface area contributed by atoms with Gasteiger partial charge in [-0.1, -0.05) is 0 Å². The maximum absolute atomic E-state index is 12.7. The number of rotatable bonds is 6. The van der Waals surface area contributed by atoms with E-state index in [-0.39, 0.29) is 19.2 Å². The number of benzene rings is 2. The predicted molar refractivity (Wildman–Crippen MR) is 79.7 cm³/mol. The van der Waals surface area contributed by atoms with Crippen LogP contribution in [0.5, 0.6) is 17.2 Å². The van der Waals surface area contributed by atoms with E-state index < -0.39 is 18.4 Å². The quantitative estimate of drug-likeness (QED) is 0.597. The van der Waals surface area contributed by atoms with Crippen molar-refractivity contribution >= 4 is 11.8 Å². The first-order chi connectivity index (χ1) is 11.6. The molecule has 3 rings (SSSR count). The molecule has 1 heterocycles. The maximum Gasteiger partial charge on any atom is 0.344 e. The van der Waals surface area contributed by atoms with Gasteiger partial charge in [-0.15, -0.1) is 0 Å². The van der Waals surface area contributed by atoms with Crippen molar-refractivity contribution < 1.29 is 32.9 Å². The summed E-state index contributed by atoms with van der Waals surface area (Å²) in [5.74, 6) is -0.102. The van der Waals surface area contributed by atoms with Gasteiger partial charge < -0.3 is 18.9 Å². The first-order valence-corrected chi connectivity index (χ1v) is 7.08. The van der Waals surface area contributed by atoms with E-state index in [0.29, 0.717) is 22.8 Å². The minimum atomic E-state index is -0.701. The van der Waals surface area contributed by atoms with Crippen LogP contribution in [0.1, 0.15) is 10.4 Å². The zero-order chi connectivity index (χ0) is 16.9. The number of Topliss-reactive ketones (excluding diaryl/α,β-unsaturated/α-hetero) is 1. The Bertz CT molecular complexity index is 756. The fraction of sp³-hybridized carbons (Fsp3) is 0.176. The largest absolute Gasteiger partial charge is 0.482 e. The highest BCUT2D eigenvalue weighted by Crippen LogP contribution is 2.32. The highest BCUT2D eigenvalue weighted by atomic mass is 19.1. The Kier molecular flexibility index (Phi) is 4.60. The number of carbonyl (C=O) groups excluding carboxylic acids is 2. The smallest absolute Gasteiger partial charge is 0.344 e. The van der Waals surface area contributed by atoms with Crippen LogP contribution < -0.4 is 14.2 Å². The minimum Gasteiger partial charge on any atom is -0.482 e. The third-order valence-electron chi connectivity index (χ3n) is 3.23. The molecule has 24 heavy (non-hydrogen) atoms. The van der Waals surface area contributed by atoms with Crippen molar-refractivity contribution in [1.82, 2.24) is 0 Å². The SMILES string of the molecule is O=C(COc1ccc(F)cc1)OCC(=O)c1ccc2c(c1)OCO2. The van der Waals surface area contributed by atoms with Crippen LogP contribution in [-0.4, -0.2) is 31.8 Å². The lowest BCUT2D eigenvalue weighted by Gasteiger charge is -2.07. The number of halogens is 1. The summed E-state index contributed by atoms with van der Waals surface area (Å²) in [6.45, 7) is -0.673. The molecule has 0 N–H and O–H groups in total. The van der Waals surface area contributed by atoms with Gasteiger partial charge in [0.05, 0.1) is 0 Å². The lowest BCUT2D eigenvalue weighted by molar-refractivity contribution is -0.144. The molecule has 1 aliphatic heterocycles. The molecule has 0 spiro atoms. The number of hydrogen-bond donors (Lipinski definition) is 0. The average molecular weight is 332 g/mol. The molecule has 2 aromatic rings.